The first-order chi connectivity index (χ1) is 8.88. The van der Waals surface area contributed by atoms with Gasteiger partial charge in [0.25, 0.3) is 0 Å². The van der Waals surface area contributed by atoms with Crippen molar-refractivity contribution in [2.45, 2.75) is 6.42 Å². The highest BCUT2D eigenvalue weighted by atomic mass is 16.5. The van der Waals surface area contributed by atoms with Crippen molar-refractivity contribution in [3.8, 4) is 0 Å². The smallest absolute Gasteiger partial charge is 0.0673 e. The molecule has 1 aromatic rings. The molecule has 0 fully saturated rings. The van der Waals surface area contributed by atoms with Crippen molar-refractivity contribution in [2.24, 2.45) is 0 Å². The van der Waals surface area contributed by atoms with Crippen LogP contribution in [0.3, 0.4) is 0 Å². The molecule has 0 unspecified atom stereocenters. The Kier molecular flexibility index (Phi) is 5.24. The average molecular weight is 246 g/mol. The Balaban J connectivity index is 1.67. The van der Waals surface area contributed by atoms with E-state index in [1.165, 1.54) is 11.3 Å². The molecule has 0 saturated heterocycles. The molecule has 3 nitrogen and oxygen atoms in total. The van der Waals surface area contributed by atoms with E-state index < -0.39 is 0 Å². The van der Waals surface area contributed by atoms with E-state index in [0.29, 0.717) is 0 Å². The van der Waals surface area contributed by atoms with Gasteiger partial charge in [-0.3, -0.25) is 4.90 Å². The topological polar surface area (TPSA) is 24.5 Å². The van der Waals surface area contributed by atoms with Crippen molar-refractivity contribution < 1.29 is 4.74 Å². The molecule has 1 aliphatic heterocycles. The fourth-order valence-corrected chi connectivity index (χ4v) is 2.19. The first-order valence-corrected chi connectivity index (χ1v) is 6.56. The van der Waals surface area contributed by atoms with Crippen molar-refractivity contribution in [1.82, 2.24) is 4.90 Å². The summed E-state index contributed by atoms with van der Waals surface area (Å²) in [5.41, 5.74) is 2.63. The molecule has 0 spiro atoms. The molecule has 0 radical (unpaired) electrons. The predicted octanol–water partition coefficient (Wildman–Crippen LogP) is 2.38. The van der Waals surface area contributed by atoms with Crippen LogP contribution >= 0.6 is 0 Å². The Bertz CT molecular complexity index is 375. The zero-order valence-corrected chi connectivity index (χ0v) is 11.1. The zero-order chi connectivity index (χ0) is 12.6. The van der Waals surface area contributed by atoms with Crippen molar-refractivity contribution in [2.75, 3.05) is 45.2 Å². The number of nitrogens with zero attached hydrogens (tertiary/aromatic N) is 1. The minimum absolute atomic E-state index is 0.788. The van der Waals surface area contributed by atoms with Crippen LogP contribution in [0.1, 0.15) is 6.42 Å². The van der Waals surface area contributed by atoms with Crippen LogP contribution in [0.2, 0.25) is 0 Å². The van der Waals surface area contributed by atoms with Gasteiger partial charge in [-0.15, -0.1) is 0 Å². The van der Waals surface area contributed by atoms with Crippen LogP contribution in [0.25, 0.3) is 0 Å². The number of nitrogens with one attached hydrogen (secondary N) is 1. The van der Waals surface area contributed by atoms with Gasteiger partial charge in [-0.2, -0.15) is 0 Å². The van der Waals surface area contributed by atoms with Gasteiger partial charge in [0.05, 0.1) is 6.61 Å². The van der Waals surface area contributed by atoms with E-state index in [1.54, 1.807) is 7.11 Å². The summed E-state index contributed by atoms with van der Waals surface area (Å²) in [6, 6.07) is 10.4. The third-order valence-electron chi connectivity index (χ3n) is 3.25. The van der Waals surface area contributed by atoms with Crippen molar-refractivity contribution in [3.05, 3.63) is 42.0 Å². The van der Waals surface area contributed by atoms with Gasteiger partial charge in [-0.25, -0.2) is 0 Å². The molecule has 0 atom stereocenters. The molecule has 0 saturated carbocycles. The number of ether oxygens (including phenoxy) is 1. The summed E-state index contributed by atoms with van der Waals surface area (Å²) >= 11 is 0. The molecule has 1 N–H and O–H groups in total. The number of hydrogen-bond donors (Lipinski definition) is 1. The SMILES string of the molecule is COCC1=CCN(CCNc2ccccc2)CC1. The second kappa shape index (κ2) is 7.19. The van der Waals surface area contributed by atoms with E-state index in [-0.39, 0.29) is 0 Å². The third kappa shape index (κ3) is 4.17. The van der Waals surface area contributed by atoms with Crippen LogP contribution in [0.5, 0.6) is 0 Å². The molecule has 1 aromatic carbocycles. The van der Waals surface area contributed by atoms with E-state index in [1.807, 2.05) is 6.07 Å². The number of anilines is 1. The fourth-order valence-electron chi connectivity index (χ4n) is 2.19. The molecule has 1 heterocycles. The quantitative estimate of drug-likeness (QED) is 0.780. The summed E-state index contributed by atoms with van der Waals surface area (Å²) in [7, 11) is 1.76. The maximum absolute atomic E-state index is 5.16. The third-order valence-corrected chi connectivity index (χ3v) is 3.25. The molecule has 1 aliphatic rings. The van der Waals surface area contributed by atoms with Gasteiger partial charge in [-0.05, 0) is 24.1 Å². The molecule has 18 heavy (non-hydrogen) atoms. The van der Waals surface area contributed by atoms with Crippen molar-refractivity contribution >= 4 is 5.69 Å². The number of methoxy groups -OCH3 is 1. The van der Waals surface area contributed by atoms with Gasteiger partial charge in [0.2, 0.25) is 0 Å². The standard InChI is InChI=1S/C15H22N2O/c1-18-13-14-7-10-17(11-8-14)12-9-16-15-5-3-2-4-6-15/h2-7,16H,8-13H2,1H3. The Hall–Kier alpha value is -1.32. The molecule has 0 amide bonds. The summed E-state index contributed by atoms with van der Waals surface area (Å²) in [5.74, 6) is 0. The minimum atomic E-state index is 0.788. The number of hydrogen-bond acceptors (Lipinski definition) is 3. The Labute approximate surface area is 109 Å². The van der Waals surface area contributed by atoms with Crippen LogP contribution in [0, 0.1) is 0 Å². The van der Waals surface area contributed by atoms with Gasteiger partial charge in [0.1, 0.15) is 0 Å². The van der Waals surface area contributed by atoms with Crippen molar-refractivity contribution in [3.63, 3.8) is 0 Å². The normalized spacial score (nSPS) is 16.4. The number of benzene rings is 1. The molecule has 0 aromatic heterocycles. The molecule has 98 valence electrons. The highest BCUT2D eigenvalue weighted by Crippen LogP contribution is 2.10. The lowest BCUT2D eigenvalue weighted by Crippen LogP contribution is -2.33. The summed E-state index contributed by atoms with van der Waals surface area (Å²) < 4.78 is 5.16. The zero-order valence-electron chi connectivity index (χ0n) is 11.1. The van der Waals surface area contributed by atoms with Crippen molar-refractivity contribution in [1.29, 1.82) is 0 Å². The van der Waals surface area contributed by atoms with Gasteiger partial charge in [0, 0.05) is 39.0 Å². The maximum Gasteiger partial charge on any atom is 0.0673 e. The van der Waals surface area contributed by atoms with Crippen LogP contribution in [-0.4, -0.2) is 44.8 Å². The first-order valence-electron chi connectivity index (χ1n) is 6.56. The second-order valence-electron chi connectivity index (χ2n) is 4.64. The molecular weight excluding hydrogens is 224 g/mol. The van der Waals surface area contributed by atoms with Gasteiger partial charge in [0.15, 0.2) is 0 Å². The maximum atomic E-state index is 5.16. The van der Waals surface area contributed by atoms with Gasteiger partial charge in [-0.1, -0.05) is 24.3 Å². The van der Waals surface area contributed by atoms with Gasteiger partial charge < -0.3 is 10.1 Å². The number of para-hydroxylation sites is 1. The van der Waals surface area contributed by atoms with Crippen LogP contribution in [-0.2, 0) is 4.74 Å². The molecule has 2 rings (SSSR count). The molecule has 3 heteroatoms. The van der Waals surface area contributed by atoms with E-state index in [9.17, 15) is 0 Å². The van der Waals surface area contributed by atoms with E-state index in [4.69, 9.17) is 4.74 Å². The first kappa shape index (κ1) is 13.1. The monoisotopic (exact) mass is 246 g/mol. The van der Waals surface area contributed by atoms with E-state index >= 15 is 0 Å². The largest absolute Gasteiger partial charge is 0.384 e. The average Bonchev–Trinajstić information content (AvgIpc) is 2.42. The second-order valence-corrected chi connectivity index (χ2v) is 4.64. The summed E-state index contributed by atoms with van der Waals surface area (Å²) in [6.45, 7) is 5.07. The van der Waals surface area contributed by atoms with E-state index in [0.717, 1.165) is 39.2 Å². The summed E-state index contributed by atoms with van der Waals surface area (Å²) in [4.78, 5) is 2.47. The lowest BCUT2D eigenvalue weighted by atomic mass is 10.1. The lowest BCUT2D eigenvalue weighted by Gasteiger charge is -2.26. The Morgan fingerprint density at radius 1 is 1.28 bits per heavy atom. The highest BCUT2D eigenvalue weighted by molar-refractivity contribution is 5.42. The molecule has 0 bridgehead atoms. The van der Waals surface area contributed by atoms with E-state index in [2.05, 4.69) is 40.6 Å². The van der Waals surface area contributed by atoms with Crippen LogP contribution < -0.4 is 5.32 Å². The van der Waals surface area contributed by atoms with Gasteiger partial charge >= 0.3 is 0 Å². The Morgan fingerprint density at radius 2 is 2.11 bits per heavy atom. The predicted molar refractivity (Wildman–Crippen MR) is 75.9 cm³/mol. The summed E-state index contributed by atoms with van der Waals surface area (Å²) in [6.07, 6.45) is 3.44. The fraction of sp³-hybridized carbons (Fsp3) is 0.467. The van der Waals surface area contributed by atoms with Crippen LogP contribution in [0.15, 0.2) is 42.0 Å². The lowest BCUT2D eigenvalue weighted by molar-refractivity contribution is 0.212. The summed E-state index contributed by atoms with van der Waals surface area (Å²) in [5, 5.41) is 3.44. The minimum Gasteiger partial charge on any atom is -0.384 e. The molecular formula is C15H22N2O. The molecule has 0 aliphatic carbocycles. The highest BCUT2D eigenvalue weighted by Gasteiger charge is 2.10. The van der Waals surface area contributed by atoms with Crippen LogP contribution in [0.4, 0.5) is 5.69 Å². The Morgan fingerprint density at radius 3 is 2.78 bits per heavy atom. The number of rotatable bonds is 6.